The molecule has 0 aliphatic heterocycles. The third-order valence-corrected chi connectivity index (χ3v) is 4.85. The molecule has 2 heterocycles. The highest BCUT2D eigenvalue weighted by atomic mass is 35.5. The summed E-state index contributed by atoms with van der Waals surface area (Å²) in [4.78, 5) is 30.8. The number of hydrogen-bond acceptors (Lipinski definition) is 4. The van der Waals surface area contributed by atoms with Gasteiger partial charge in [0.15, 0.2) is 0 Å². The molecular formula is C19H15Cl2FN4O2. The van der Waals surface area contributed by atoms with Crippen molar-refractivity contribution in [3.8, 4) is 11.1 Å². The SMILES string of the molecule is CC(NC(=O)c1cc(-c2cc[nH]c(=O)c2)cnc1N)c1c(Cl)ccc(F)c1Cl. The average Bonchev–Trinajstić information content (AvgIpc) is 2.65. The summed E-state index contributed by atoms with van der Waals surface area (Å²) in [6, 6.07) is 6.40. The minimum Gasteiger partial charge on any atom is -0.383 e. The number of nitrogen functional groups attached to an aromatic ring is 1. The molecule has 0 radical (unpaired) electrons. The van der Waals surface area contributed by atoms with Crippen molar-refractivity contribution in [2.45, 2.75) is 13.0 Å². The van der Waals surface area contributed by atoms with E-state index in [1.54, 1.807) is 13.0 Å². The van der Waals surface area contributed by atoms with E-state index >= 15 is 0 Å². The molecule has 0 spiro atoms. The number of aromatic nitrogens is 2. The van der Waals surface area contributed by atoms with Gasteiger partial charge in [-0.15, -0.1) is 0 Å². The summed E-state index contributed by atoms with van der Waals surface area (Å²) in [5.74, 6) is -1.17. The second-order valence-electron chi connectivity index (χ2n) is 6.05. The summed E-state index contributed by atoms with van der Waals surface area (Å²) in [5, 5.41) is 2.75. The lowest BCUT2D eigenvalue weighted by molar-refractivity contribution is 0.0940. The molecule has 0 bridgehead atoms. The molecule has 0 aliphatic rings. The normalized spacial score (nSPS) is 11.9. The predicted octanol–water partition coefficient (Wildman–Crippen LogP) is 3.96. The van der Waals surface area contributed by atoms with Gasteiger partial charge < -0.3 is 16.0 Å². The van der Waals surface area contributed by atoms with Crippen molar-refractivity contribution in [1.29, 1.82) is 0 Å². The van der Waals surface area contributed by atoms with Crippen molar-refractivity contribution in [3.05, 3.63) is 80.1 Å². The Labute approximate surface area is 169 Å². The maximum atomic E-state index is 13.8. The van der Waals surface area contributed by atoms with Crippen molar-refractivity contribution in [1.82, 2.24) is 15.3 Å². The van der Waals surface area contributed by atoms with Crippen LogP contribution in [0.15, 0.2) is 47.5 Å². The first-order valence-corrected chi connectivity index (χ1v) is 8.92. The van der Waals surface area contributed by atoms with E-state index < -0.39 is 17.8 Å². The van der Waals surface area contributed by atoms with Gasteiger partial charge in [-0.1, -0.05) is 23.2 Å². The van der Waals surface area contributed by atoms with E-state index in [2.05, 4.69) is 15.3 Å². The highest BCUT2D eigenvalue weighted by molar-refractivity contribution is 6.36. The lowest BCUT2D eigenvalue weighted by Gasteiger charge is -2.18. The second-order valence-corrected chi connectivity index (χ2v) is 6.84. The zero-order valence-electron chi connectivity index (χ0n) is 14.6. The van der Waals surface area contributed by atoms with Gasteiger partial charge in [-0.25, -0.2) is 9.37 Å². The quantitative estimate of drug-likeness (QED) is 0.556. The van der Waals surface area contributed by atoms with Crippen molar-refractivity contribution >= 4 is 34.9 Å². The average molecular weight is 421 g/mol. The molecule has 0 aliphatic carbocycles. The molecule has 6 nitrogen and oxygen atoms in total. The summed E-state index contributed by atoms with van der Waals surface area (Å²) in [6.07, 6.45) is 2.95. The van der Waals surface area contributed by atoms with Crippen LogP contribution in [0.1, 0.15) is 28.9 Å². The van der Waals surface area contributed by atoms with E-state index in [1.807, 2.05) is 0 Å². The van der Waals surface area contributed by atoms with E-state index in [0.717, 1.165) is 6.07 Å². The number of hydrogen-bond donors (Lipinski definition) is 3. The van der Waals surface area contributed by atoms with Crippen LogP contribution in [0, 0.1) is 5.82 Å². The number of carbonyl (C=O) groups is 1. The Morgan fingerprint density at radius 2 is 2.00 bits per heavy atom. The van der Waals surface area contributed by atoms with Gasteiger partial charge in [-0.05, 0) is 36.8 Å². The van der Waals surface area contributed by atoms with Crippen LogP contribution in [0.5, 0.6) is 0 Å². The molecule has 28 heavy (non-hydrogen) atoms. The first-order valence-electron chi connectivity index (χ1n) is 8.17. The Bertz CT molecular complexity index is 1120. The highest BCUT2D eigenvalue weighted by Crippen LogP contribution is 2.32. The van der Waals surface area contributed by atoms with Gasteiger partial charge in [0, 0.05) is 34.6 Å². The second kappa shape index (κ2) is 8.00. The molecule has 9 heteroatoms. The molecular weight excluding hydrogens is 406 g/mol. The number of nitrogens with one attached hydrogen (secondary N) is 2. The lowest BCUT2D eigenvalue weighted by atomic mass is 10.0. The predicted molar refractivity (Wildman–Crippen MR) is 107 cm³/mol. The van der Waals surface area contributed by atoms with Crippen LogP contribution in [0.4, 0.5) is 10.2 Å². The van der Waals surface area contributed by atoms with E-state index in [-0.39, 0.29) is 32.5 Å². The fourth-order valence-corrected chi connectivity index (χ4v) is 3.42. The van der Waals surface area contributed by atoms with E-state index in [4.69, 9.17) is 28.9 Å². The third kappa shape index (κ3) is 4.00. The van der Waals surface area contributed by atoms with Crippen LogP contribution < -0.4 is 16.6 Å². The summed E-state index contributed by atoms with van der Waals surface area (Å²) in [7, 11) is 0. The van der Waals surface area contributed by atoms with Crippen molar-refractivity contribution in [3.63, 3.8) is 0 Å². The van der Waals surface area contributed by atoms with Gasteiger partial charge in [0.25, 0.3) is 5.91 Å². The van der Waals surface area contributed by atoms with Gasteiger partial charge in [-0.2, -0.15) is 0 Å². The molecule has 0 saturated carbocycles. The van der Waals surface area contributed by atoms with Crippen LogP contribution >= 0.6 is 23.2 Å². The molecule has 1 amide bonds. The lowest BCUT2D eigenvalue weighted by Crippen LogP contribution is -2.28. The molecule has 0 saturated heterocycles. The van der Waals surface area contributed by atoms with Crippen molar-refractivity contribution in [2.75, 3.05) is 5.73 Å². The Balaban J connectivity index is 1.92. The van der Waals surface area contributed by atoms with Crippen LogP contribution in [-0.2, 0) is 0 Å². The number of pyridine rings is 2. The number of carbonyl (C=O) groups excluding carboxylic acids is 1. The number of rotatable bonds is 4. The monoisotopic (exact) mass is 420 g/mol. The number of nitrogens with two attached hydrogens (primary N) is 1. The topological polar surface area (TPSA) is 101 Å². The standard InChI is InChI=1S/C19H15Cl2FN4O2/c1-9(16-13(20)2-3-14(22)17(16)21)26-19(28)12-6-11(8-25-18(12)23)10-4-5-24-15(27)7-10/h2-9H,1H3,(H2,23,25)(H,24,27)(H,26,28). The van der Waals surface area contributed by atoms with Crippen LogP contribution in [0.2, 0.25) is 10.0 Å². The summed E-state index contributed by atoms with van der Waals surface area (Å²) < 4.78 is 13.8. The fourth-order valence-electron chi connectivity index (χ4n) is 2.73. The Morgan fingerprint density at radius 3 is 2.71 bits per heavy atom. The summed E-state index contributed by atoms with van der Waals surface area (Å²) in [6.45, 7) is 1.62. The molecule has 144 valence electrons. The van der Waals surface area contributed by atoms with Crippen LogP contribution in [0.25, 0.3) is 11.1 Å². The summed E-state index contributed by atoms with van der Waals surface area (Å²) >= 11 is 12.1. The van der Waals surface area contributed by atoms with E-state index in [0.29, 0.717) is 11.1 Å². The third-order valence-electron chi connectivity index (χ3n) is 4.13. The first kappa shape index (κ1) is 19.9. The zero-order chi connectivity index (χ0) is 20.4. The maximum absolute atomic E-state index is 13.8. The van der Waals surface area contributed by atoms with Crippen molar-refractivity contribution in [2.24, 2.45) is 0 Å². The number of benzene rings is 1. The Kier molecular flexibility index (Phi) is 5.67. The largest absolute Gasteiger partial charge is 0.383 e. The van der Waals surface area contributed by atoms with E-state index in [1.165, 1.54) is 30.6 Å². The molecule has 1 atom stereocenters. The Morgan fingerprint density at radius 1 is 1.25 bits per heavy atom. The molecule has 1 aromatic carbocycles. The number of nitrogens with zero attached hydrogens (tertiary/aromatic N) is 1. The van der Waals surface area contributed by atoms with Gasteiger partial charge in [-0.3, -0.25) is 9.59 Å². The Hall–Kier alpha value is -2.90. The van der Waals surface area contributed by atoms with Crippen LogP contribution in [0.3, 0.4) is 0 Å². The maximum Gasteiger partial charge on any atom is 0.255 e. The molecule has 1 unspecified atom stereocenters. The van der Waals surface area contributed by atoms with Gasteiger partial charge in [0.05, 0.1) is 16.6 Å². The van der Waals surface area contributed by atoms with Gasteiger partial charge in [0.1, 0.15) is 11.6 Å². The van der Waals surface area contributed by atoms with Crippen LogP contribution in [-0.4, -0.2) is 15.9 Å². The fraction of sp³-hybridized carbons (Fsp3) is 0.105. The van der Waals surface area contributed by atoms with Crippen molar-refractivity contribution < 1.29 is 9.18 Å². The molecule has 3 rings (SSSR count). The van der Waals surface area contributed by atoms with Gasteiger partial charge >= 0.3 is 0 Å². The molecule has 0 fully saturated rings. The minimum atomic E-state index is -0.689. The molecule has 3 aromatic rings. The molecule has 4 N–H and O–H groups in total. The number of anilines is 1. The van der Waals surface area contributed by atoms with E-state index in [9.17, 15) is 14.0 Å². The van der Waals surface area contributed by atoms with Gasteiger partial charge in [0.2, 0.25) is 5.56 Å². The first-order chi connectivity index (χ1) is 13.3. The number of halogens is 3. The number of amides is 1. The summed E-state index contributed by atoms with van der Waals surface area (Å²) in [5.41, 5.74) is 7.04. The minimum absolute atomic E-state index is 0.00901. The molecule has 2 aromatic heterocycles. The zero-order valence-corrected chi connectivity index (χ0v) is 16.1. The highest BCUT2D eigenvalue weighted by Gasteiger charge is 2.21. The number of H-pyrrole nitrogens is 1. The smallest absolute Gasteiger partial charge is 0.255 e. The number of aromatic amines is 1.